The van der Waals surface area contributed by atoms with E-state index in [1.165, 1.54) is 12.8 Å². The summed E-state index contributed by atoms with van der Waals surface area (Å²) in [6, 6.07) is 0.541. The van der Waals surface area contributed by atoms with E-state index in [1.54, 1.807) is 0 Å². The van der Waals surface area contributed by atoms with Gasteiger partial charge in [0.15, 0.2) is 0 Å². The molecule has 0 aromatic heterocycles. The monoisotopic (exact) mass is 172 g/mol. The summed E-state index contributed by atoms with van der Waals surface area (Å²) < 4.78 is 5.50. The molecule has 3 nitrogen and oxygen atoms in total. The maximum atomic E-state index is 5.50. The van der Waals surface area contributed by atoms with Crippen LogP contribution in [0.25, 0.3) is 0 Å². The van der Waals surface area contributed by atoms with Crippen molar-refractivity contribution in [2.45, 2.75) is 31.9 Å². The molecule has 0 amide bonds. The summed E-state index contributed by atoms with van der Waals surface area (Å²) in [5.41, 5.74) is 0. The van der Waals surface area contributed by atoms with Gasteiger partial charge in [0.05, 0.1) is 6.10 Å². The number of ether oxygens (including phenoxy) is 1. The van der Waals surface area contributed by atoms with Crippen LogP contribution in [0.15, 0.2) is 0 Å². The Morgan fingerprint density at radius 1 is 1.58 bits per heavy atom. The minimum Gasteiger partial charge on any atom is -0.377 e. The second kappa shape index (κ2) is 5.51. The van der Waals surface area contributed by atoms with Gasteiger partial charge in [0.2, 0.25) is 0 Å². The van der Waals surface area contributed by atoms with Crippen molar-refractivity contribution in [2.75, 3.05) is 26.7 Å². The lowest BCUT2D eigenvalue weighted by molar-refractivity contribution is 0.108. The van der Waals surface area contributed by atoms with E-state index < -0.39 is 0 Å². The molecule has 0 bridgehead atoms. The largest absolute Gasteiger partial charge is 0.377 e. The third-order valence-corrected chi connectivity index (χ3v) is 2.23. The molecular formula is C9H20N2O. The van der Waals surface area contributed by atoms with Crippen LogP contribution in [-0.2, 0) is 4.74 Å². The van der Waals surface area contributed by atoms with E-state index in [2.05, 4.69) is 17.6 Å². The Morgan fingerprint density at radius 3 is 3.00 bits per heavy atom. The molecule has 12 heavy (non-hydrogen) atoms. The van der Waals surface area contributed by atoms with Gasteiger partial charge in [0.25, 0.3) is 0 Å². The highest BCUT2D eigenvalue weighted by Gasteiger charge is 2.15. The van der Waals surface area contributed by atoms with E-state index in [9.17, 15) is 0 Å². The van der Waals surface area contributed by atoms with Crippen molar-refractivity contribution in [3.8, 4) is 0 Å². The molecular weight excluding hydrogens is 152 g/mol. The minimum atomic E-state index is 0.462. The first-order valence-corrected chi connectivity index (χ1v) is 4.82. The van der Waals surface area contributed by atoms with E-state index in [0.717, 1.165) is 19.7 Å². The summed E-state index contributed by atoms with van der Waals surface area (Å²) in [7, 11) is 1.98. The average Bonchev–Trinajstić information content (AvgIpc) is 2.53. The van der Waals surface area contributed by atoms with Crippen molar-refractivity contribution in [1.29, 1.82) is 0 Å². The topological polar surface area (TPSA) is 33.3 Å². The Labute approximate surface area is 74.9 Å². The zero-order chi connectivity index (χ0) is 8.81. The Hall–Kier alpha value is -0.120. The van der Waals surface area contributed by atoms with Gasteiger partial charge >= 0.3 is 0 Å². The standard InChI is InChI=1S/C9H20N2O/c1-8(6-10-2)11-7-9-4-3-5-12-9/h8-11H,3-7H2,1-2H3/t8?,9-/m0/s1. The van der Waals surface area contributed by atoms with Crippen molar-refractivity contribution >= 4 is 0 Å². The number of likely N-dealkylation sites (N-methyl/N-ethyl adjacent to an activating group) is 1. The molecule has 72 valence electrons. The van der Waals surface area contributed by atoms with E-state index in [0.29, 0.717) is 12.1 Å². The molecule has 1 rings (SSSR count). The highest BCUT2D eigenvalue weighted by Crippen LogP contribution is 2.10. The van der Waals surface area contributed by atoms with Gasteiger partial charge in [0.1, 0.15) is 0 Å². The molecule has 3 heteroatoms. The fourth-order valence-electron chi connectivity index (χ4n) is 1.52. The summed E-state index contributed by atoms with van der Waals surface area (Å²) in [6.07, 6.45) is 2.91. The highest BCUT2D eigenvalue weighted by atomic mass is 16.5. The number of nitrogens with one attached hydrogen (secondary N) is 2. The number of rotatable bonds is 5. The van der Waals surface area contributed by atoms with Gasteiger partial charge < -0.3 is 15.4 Å². The molecule has 1 saturated heterocycles. The third kappa shape index (κ3) is 3.52. The second-order valence-corrected chi connectivity index (χ2v) is 3.50. The third-order valence-electron chi connectivity index (χ3n) is 2.23. The molecule has 2 N–H and O–H groups in total. The zero-order valence-corrected chi connectivity index (χ0v) is 8.10. The van der Waals surface area contributed by atoms with Gasteiger partial charge in [-0.15, -0.1) is 0 Å². The first kappa shape index (κ1) is 9.96. The fourth-order valence-corrected chi connectivity index (χ4v) is 1.52. The van der Waals surface area contributed by atoms with E-state index >= 15 is 0 Å². The van der Waals surface area contributed by atoms with Gasteiger partial charge in [-0.05, 0) is 26.8 Å². The maximum Gasteiger partial charge on any atom is 0.0700 e. The van der Waals surface area contributed by atoms with Crippen molar-refractivity contribution in [3.63, 3.8) is 0 Å². The second-order valence-electron chi connectivity index (χ2n) is 3.50. The van der Waals surface area contributed by atoms with Gasteiger partial charge in [-0.3, -0.25) is 0 Å². The van der Waals surface area contributed by atoms with Crippen LogP contribution in [0.5, 0.6) is 0 Å². The van der Waals surface area contributed by atoms with Crippen LogP contribution in [0.2, 0.25) is 0 Å². The maximum absolute atomic E-state index is 5.50. The summed E-state index contributed by atoms with van der Waals surface area (Å²) in [5, 5.41) is 6.58. The first-order valence-electron chi connectivity index (χ1n) is 4.82. The molecule has 0 spiro atoms. The average molecular weight is 172 g/mol. The first-order chi connectivity index (χ1) is 5.83. The van der Waals surface area contributed by atoms with E-state index in [4.69, 9.17) is 4.74 Å². The van der Waals surface area contributed by atoms with Crippen LogP contribution in [0.3, 0.4) is 0 Å². The molecule has 1 fully saturated rings. The van der Waals surface area contributed by atoms with E-state index in [1.807, 2.05) is 7.05 Å². The Bertz CT molecular complexity index is 113. The molecule has 1 unspecified atom stereocenters. The van der Waals surface area contributed by atoms with Crippen molar-refractivity contribution in [1.82, 2.24) is 10.6 Å². The smallest absolute Gasteiger partial charge is 0.0700 e. The molecule has 1 aliphatic heterocycles. The van der Waals surface area contributed by atoms with Crippen LogP contribution in [0.4, 0.5) is 0 Å². The van der Waals surface area contributed by atoms with Crippen LogP contribution in [0, 0.1) is 0 Å². The summed E-state index contributed by atoms with van der Waals surface area (Å²) in [5.74, 6) is 0. The summed E-state index contributed by atoms with van der Waals surface area (Å²) in [6.45, 7) is 5.16. The predicted molar refractivity (Wildman–Crippen MR) is 50.4 cm³/mol. The highest BCUT2D eigenvalue weighted by molar-refractivity contribution is 4.70. The Kier molecular flexibility index (Phi) is 4.58. The predicted octanol–water partition coefficient (Wildman–Crippen LogP) is 0.363. The molecule has 0 saturated carbocycles. The molecule has 2 atom stereocenters. The lowest BCUT2D eigenvalue weighted by Crippen LogP contribution is -2.39. The van der Waals surface area contributed by atoms with Gasteiger partial charge in [0, 0.05) is 25.7 Å². The summed E-state index contributed by atoms with van der Waals surface area (Å²) in [4.78, 5) is 0. The van der Waals surface area contributed by atoms with Gasteiger partial charge in [-0.2, -0.15) is 0 Å². The van der Waals surface area contributed by atoms with Crippen molar-refractivity contribution in [3.05, 3.63) is 0 Å². The fraction of sp³-hybridized carbons (Fsp3) is 1.00. The molecule has 1 aliphatic rings. The number of hydrogen-bond donors (Lipinski definition) is 2. The van der Waals surface area contributed by atoms with Gasteiger partial charge in [-0.1, -0.05) is 0 Å². The zero-order valence-electron chi connectivity index (χ0n) is 8.10. The van der Waals surface area contributed by atoms with Crippen LogP contribution in [-0.4, -0.2) is 38.9 Å². The lowest BCUT2D eigenvalue weighted by atomic mass is 10.2. The molecule has 0 radical (unpaired) electrons. The quantitative estimate of drug-likeness (QED) is 0.628. The van der Waals surface area contributed by atoms with Crippen LogP contribution >= 0.6 is 0 Å². The van der Waals surface area contributed by atoms with Crippen molar-refractivity contribution in [2.24, 2.45) is 0 Å². The molecule has 0 aromatic rings. The van der Waals surface area contributed by atoms with Crippen LogP contribution in [0.1, 0.15) is 19.8 Å². The molecule has 1 heterocycles. The van der Waals surface area contributed by atoms with Crippen LogP contribution < -0.4 is 10.6 Å². The van der Waals surface area contributed by atoms with E-state index in [-0.39, 0.29) is 0 Å². The molecule has 0 aliphatic carbocycles. The van der Waals surface area contributed by atoms with Gasteiger partial charge in [-0.25, -0.2) is 0 Å². The lowest BCUT2D eigenvalue weighted by Gasteiger charge is -2.16. The number of hydrogen-bond acceptors (Lipinski definition) is 3. The summed E-state index contributed by atoms with van der Waals surface area (Å²) >= 11 is 0. The normalized spacial score (nSPS) is 26.0. The molecule has 0 aromatic carbocycles. The Balaban J connectivity index is 1.99. The SMILES string of the molecule is CNCC(C)NC[C@@H]1CCCO1. The minimum absolute atomic E-state index is 0.462. The van der Waals surface area contributed by atoms with Crippen molar-refractivity contribution < 1.29 is 4.74 Å². The Morgan fingerprint density at radius 2 is 2.42 bits per heavy atom.